The van der Waals surface area contributed by atoms with E-state index in [0.29, 0.717) is 18.7 Å². The van der Waals surface area contributed by atoms with Crippen LogP contribution in [0.3, 0.4) is 0 Å². The van der Waals surface area contributed by atoms with Gasteiger partial charge >= 0.3 is 5.63 Å². The lowest BCUT2D eigenvalue weighted by molar-refractivity contribution is 0.300. The third-order valence-corrected chi connectivity index (χ3v) is 3.60. The molecule has 0 radical (unpaired) electrons. The smallest absolute Gasteiger partial charge is 0.336 e. The second kappa shape index (κ2) is 7.93. The summed E-state index contributed by atoms with van der Waals surface area (Å²) in [6, 6.07) is 7.33. The first-order valence-electron chi connectivity index (χ1n) is 7.55. The largest absolute Gasteiger partial charge is 0.423 e. The van der Waals surface area contributed by atoms with Crippen molar-refractivity contribution in [2.24, 2.45) is 11.5 Å². The van der Waals surface area contributed by atoms with Gasteiger partial charge in [-0.25, -0.2) is 4.79 Å². The average Bonchev–Trinajstić information content (AvgIpc) is 2.47. The highest BCUT2D eigenvalue weighted by Crippen LogP contribution is 2.20. The number of nitrogens with one attached hydrogen (secondary N) is 1. The minimum Gasteiger partial charge on any atom is -0.423 e. The van der Waals surface area contributed by atoms with Gasteiger partial charge in [0.1, 0.15) is 5.58 Å². The molecule has 1 heterocycles. The Morgan fingerprint density at radius 1 is 1.14 bits per heavy atom. The quantitative estimate of drug-likeness (QED) is 0.622. The third-order valence-electron chi connectivity index (χ3n) is 3.60. The number of fused-ring (bicyclic) bond motifs is 1. The molecule has 22 heavy (non-hydrogen) atoms. The Morgan fingerprint density at radius 2 is 1.86 bits per heavy atom. The maximum absolute atomic E-state index is 11.4. The van der Waals surface area contributed by atoms with Crippen molar-refractivity contribution < 1.29 is 4.42 Å². The standard InChI is InChI=1S/C16H24N4O2/c1-12-10-16(21)22-15-11-13(2-3-14(12)15)19-6-9-20(7-4-17)8-5-18/h2-3,10-11,19H,4-9,17-18H2,1H3. The van der Waals surface area contributed by atoms with Crippen molar-refractivity contribution >= 4 is 16.7 Å². The Morgan fingerprint density at radius 3 is 2.55 bits per heavy atom. The Hall–Kier alpha value is -1.89. The van der Waals surface area contributed by atoms with Crippen LogP contribution in [0.15, 0.2) is 33.5 Å². The van der Waals surface area contributed by atoms with Gasteiger partial charge in [-0.2, -0.15) is 0 Å². The zero-order valence-electron chi connectivity index (χ0n) is 13.0. The first-order valence-corrected chi connectivity index (χ1v) is 7.55. The number of anilines is 1. The van der Waals surface area contributed by atoms with E-state index < -0.39 is 0 Å². The fraction of sp³-hybridized carbons (Fsp3) is 0.438. The summed E-state index contributed by atoms with van der Waals surface area (Å²) in [7, 11) is 0. The van der Waals surface area contributed by atoms with Gasteiger partial charge in [-0.3, -0.25) is 4.90 Å². The highest BCUT2D eigenvalue weighted by atomic mass is 16.4. The molecule has 1 aromatic carbocycles. The number of benzene rings is 1. The second-order valence-corrected chi connectivity index (χ2v) is 5.31. The molecule has 120 valence electrons. The van der Waals surface area contributed by atoms with Crippen molar-refractivity contribution in [1.82, 2.24) is 4.90 Å². The van der Waals surface area contributed by atoms with Crippen LogP contribution in [-0.4, -0.2) is 44.2 Å². The van der Waals surface area contributed by atoms with Crippen LogP contribution in [-0.2, 0) is 0 Å². The summed E-state index contributed by atoms with van der Waals surface area (Å²) in [4.78, 5) is 13.7. The molecule has 6 nitrogen and oxygen atoms in total. The molecule has 0 saturated carbocycles. The van der Waals surface area contributed by atoms with Gasteiger partial charge < -0.3 is 21.2 Å². The molecular formula is C16H24N4O2. The van der Waals surface area contributed by atoms with E-state index in [4.69, 9.17) is 15.9 Å². The van der Waals surface area contributed by atoms with E-state index in [9.17, 15) is 4.79 Å². The maximum Gasteiger partial charge on any atom is 0.336 e. The van der Waals surface area contributed by atoms with E-state index in [0.717, 1.165) is 42.8 Å². The van der Waals surface area contributed by atoms with Crippen LogP contribution < -0.4 is 22.4 Å². The zero-order valence-corrected chi connectivity index (χ0v) is 13.0. The molecule has 0 aliphatic carbocycles. The zero-order chi connectivity index (χ0) is 15.9. The molecule has 1 aromatic heterocycles. The third kappa shape index (κ3) is 4.30. The molecule has 0 fully saturated rings. The van der Waals surface area contributed by atoms with Crippen molar-refractivity contribution in [2.75, 3.05) is 44.6 Å². The fourth-order valence-corrected chi connectivity index (χ4v) is 2.49. The van der Waals surface area contributed by atoms with Gasteiger partial charge in [-0.05, 0) is 24.6 Å². The first kappa shape index (κ1) is 16.5. The molecule has 5 N–H and O–H groups in total. The molecular weight excluding hydrogens is 280 g/mol. The van der Waals surface area contributed by atoms with E-state index in [1.165, 1.54) is 6.07 Å². The Bertz CT molecular complexity index is 663. The summed E-state index contributed by atoms with van der Waals surface area (Å²) in [5.74, 6) is 0. The fourth-order valence-electron chi connectivity index (χ4n) is 2.49. The van der Waals surface area contributed by atoms with Gasteiger partial charge in [-0.1, -0.05) is 0 Å². The minimum atomic E-state index is -0.320. The van der Waals surface area contributed by atoms with Crippen molar-refractivity contribution in [3.05, 3.63) is 40.2 Å². The lowest BCUT2D eigenvalue weighted by atomic mass is 10.1. The average molecular weight is 304 g/mol. The van der Waals surface area contributed by atoms with Crippen LogP contribution in [0.1, 0.15) is 5.56 Å². The van der Waals surface area contributed by atoms with Gasteiger partial charge in [0.25, 0.3) is 0 Å². The van der Waals surface area contributed by atoms with Crippen LogP contribution in [0, 0.1) is 6.92 Å². The molecule has 2 aromatic rings. The lowest BCUT2D eigenvalue weighted by Crippen LogP contribution is -2.37. The van der Waals surface area contributed by atoms with E-state index in [1.807, 2.05) is 25.1 Å². The van der Waals surface area contributed by atoms with Gasteiger partial charge in [-0.15, -0.1) is 0 Å². The van der Waals surface area contributed by atoms with Gasteiger partial charge in [0.05, 0.1) is 0 Å². The van der Waals surface area contributed by atoms with E-state index >= 15 is 0 Å². The van der Waals surface area contributed by atoms with Gasteiger partial charge in [0.15, 0.2) is 0 Å². The van der Waals surface area contributed by atoms with E-state index in [2.05, 4.69) is 10.2 Å². The summed E-state index contributed by atoms with van der Waals surface area (Å²) in [5.41, 5.74) is 13.3. The number of rotatable bonds is 8. The monoisotopic (exact) mass is 304 g/mol. The summed E-state index contributed by atoms with van der Waals surface area (Å²) in [5, 5.41) is 4.29. The Labute approximate surface area is 130 Å². The molecule has 0 bridgehead atoms. The molecule has 0 amide bonds. The predicted molar refractivity (Wildman–Crippen MR) is 90.3 cm³/mol. The lowest BCUT2D eigenvalue weighted by Gasteiger charge is -2.21. The number of nitrogens with zero attached hydrogens (tertiary/aromatic N) is 1. The number of hydrogen-bond donors (Lipinski definition) is 3. The molecule has 0 atom stereocenters. The van der Waals surface area contributed by atoms with Crippen LogP contribution in [0.25, 0.3) is 11.0 Å². The van der Waals surface area contributed by atoms with Crippen LogP contribution in [0.2, 0.25) is 0 Å². The van der Waals surface area contributed by atoms with E-state index in [-0.39, 0.29) is 5.63 Å². The summed E-state index contributed by atoms with van der Waals surface area (Å²) in [6.07, 6.45) is 0. The van der Waals surface area contributed by atoms with Crippen LogP contribution in [0.4, 0.5) is 5.69 Å². The second-order valence-electron chi connectivity index (χ2n) is 5.31. The van der Waals surface area contributed by atoms with E-state index in [1.54, 1.807) is 0 Å². The molecule has 0 unspecified atom stereocenters. The molecule has 2 rings (SSSR count). The minimum absolute atomic E-state index is 0.320. The summed E-state index contributed by atoms with van der Waals surface area (Å²) < 4.78 is 5.25. The molecule has 0 spiro atoms. The number of aryl methyl sites for hydroxylation is 1. The van der Waals surface area contributed by atoms with Crippen molar-refractivity contribution in [1.29, 1.82) is 0 Å². The predicted octanol–water partition coefficient (Wildman–Crippen LogP) is 0.733. The van der Waals surface area contributed by atoms with Gasteiger partial charge in [0.2, 0.25) is 0 Å². The van der Waals surface area contributed by atoms with Crippen molar-refractivity contribution in [3.8, 4) is 0 Å². The molecule has 0 saturated heterocycles. The highest BCUT2D eigenvalue weighted by molar-refractivity contribution is 5.83. The Kier molecular flexibility index (Phi) is 5.94. The molecule has 0 aliphatic rings. The maximum atomic E-state index is 11.4. The van der Waals surface area contributed by atoms with Crippen LogP contribution in [0.5, 0.6) is 0 Å². The van der Waals surface area contributed by atoms with Crippen molar-refractivity contribution in [3.63, 3.8) is 0 Å². The molecule has 0 aliphatic heterocycles. The normalized spacial score (nSPS) is 11.3. The summed E-state index contributed by atoms with van der Waals surface area (Å²) >= 11 is 0. The van der Waals surface area contributed by atoms with Crippen molar-refractivity contribution in [2.45, 2.75) is 6.92 Å². The summed E-state index contributed by atoms with van der Waals surface area (Å²) in [6.45, 7) is 6.48. The topological polar surface area (TPSA) is 97.5 Å². The highest BCUT2D eigenvalue weighted by Gasteiger charge is 2.05. The van der Waals surface area contributed by atoms with Crippen LogP contribution >= 0.6 is 0 Å². The SMILES string of the molecule is Cc1cc(=O)oc2cc(NCCN(CCN)CCN)ccc12. The number of hydrogen-bond acceptors (Lipinski definition) is 6. The number of nitrogens with two attached hydrogens (primary N) is 2. The molecule has 6 heteroatoms. The first-order chi connectivity index (χ1) is 10.6. The Balaban J connectivity index is 2.01. The van der Waals surface area contributed by atoms with Gasteiger partial charge in [0, 0.05) is 62.5 Å².